The number of nitrogens with zero attached hydrogens (tertiary/aromatic N) is 1. The summed E-state index contributed by atoms with van der Waals surface area (Å²) in [5, 5.41) is 15.9. The molecule has 238 valence electrons. The molecule has 0 saturated carbocycles. The third-order valence-corrected chi connectivity index (χ3v) is 6.93. The Kier molecular flexibility index (Phi) is 18.0. The molecule has 0 saturated heterocycles. The number of rotatable bonds is 7. The molecule has 10 nitrogen and oxygen atoms in total. The Morgan fingerprint density at radius 1 is 1.09 bits per heavy atom. The van der Waals surface area contributed by atoms with Crippen molar-refractivity contribution in [2.45, 2.75) is 77.9 Å². The average Bonchev–Trinajstić information content (AvgIpc) is 2.99. The van der Waals surface area contributed by atoms with E-state index < -0.39 is 0 Å². The van der Waals surface area contributed by atoms with Crippen LogP contribution in [-0.4, -0.2) is 73.8 Å². The smallest absolute Gasteiger partial charge is 0.239 e. The Balaban J connectivity index is 0.000000775. The van der Waals surface area contributed by atoms with Gasteiger partial charge in [0, 0.05) is 38.7 Å². The molecule has 43 heavy (non-hydrogen) atoms. The van der Waals surface area contributed by atoms with Crippen LogP contribution in [0.4, 0.5) is 0 Å². The van der Waals surface area contributed by atoms with Gasteiger partial charge in [0.15, 0.2) is 0 Å². The molecule has 1 aromatic rings. The topological polar surface area (TPSA) is 150 Å². The van der Waals surface area contributed by atoms with E-state index in [0.29, 0.717) is 31.7 Å². The number of unbranched alkanes of at least 4 members (excludes halogenated alkanes) is 2. The Bertz CT molecular complexity index is 1100. The van der Waals surface area contributed by atoms with Crippen molar-refractivity contribution >= 4 is 23.6 Å². The van der Waals surface area contributed by atoms with Gasteiger partial charge in [-0.15, -0.1) is 0 Å². The molecule has 2 rings (SSSR count). The molecule has 0 bridgehead atoms. The second-order valence-corrected chi connectivity index (χ2v) is 10.7. The first-order valence-corrected chi connectivity index (χ1v) is 15.1. The lowest BCUT2D eigenvalue weighted by molar-refractivity contribution is -0.133. The lowest BCUT2D eigenvalue weighted by Gasteiger charge is -2.26. The predicted octanol–water partition coefficient (Wildman–Crippen LogP) is 3.71. The number of allylic oxidation sites excluding steroid dienone is 3. The average molecular weight is 597 g/mol. The highest BCUT2D eigenvalue weighted by molar-refractivity contribution is 5.94. The minimum absolute atomic E-state index is 0.0481. The second-order valence-electron chi connectivity index (χ2n) is 10.7. The molecule has 0 aromatic heterocycles. The molecule has 3 amide bonds. The van der Waals surface area contributed by atoms with Crippen LogP contribution >= 0.6 is 0 Å². The normalized spacial score (nSPS) is 21.4. The van der Waals surface area contributed by atoms with E-state index >= 15 is 0 Å². The molecule has 1 heterocycles. The van der Waals surface area contributed by atoms with Gasteiger partial charge in [-0.3, -0.25) is 19.8 Å². The highest BCUT2D eigenvalue weighted by Gasteiger charge is 2.23. The number of nitrogens with two attached hydrogens (primary N) is 1. The summed E-state index contributed by atoms with van der Waals surface area (Å²) < 4.78 is 6.10. The van der Waals surface area contributed by atoms with Crippen molar-refractivity contribution in [2.24, 2.45) is 5.73 Å². The van der Waals surface area contributed by atoms with Gasteiger partial charge in [-0.25, -0.2) is 0 Å². The number of amidine groups is 1. The molecule has 0 spiro atoms. The summed E-state index contributed by atoms with van der Waals surface area (Å²) in [5.74, 6) is 0.228. The number of carbonyl (C=O) groups is 3. The van der Waals surface area contributed by atoms with Crippen LogP contribution in [-0.2, 0) is 19.1 Å². The van der Waals surface area contributed by atoms with E-state index in [1.54, 1.807) is 24.1 Å². The number of ether oxygens (including phenoxy) is 1. The van der Waals surface area contributed by atoms with Crippen LogP contribution in [0.25, 0.3) is 0 Å². The number of aryl methyl sites for hydroxylation is 1. The molecule has 0 radical (unpaired) electrons. The van der Waals surface area contributed by atoms with Crippen molar-refractivity contribution in [2.75, 3.05) is 33.2 Å². The van der Waals surface area contributed by atoms with Crippen LogP contribution in [0, 0.1) is 12.3 Å². The van der Waals surface area contributed by atoms with Crippen molar-refractivity contribution in [3.63, 3.8) is 0 Å². The van der Waals surface area contributed by atoms with Crippen LogP contribution in [0.1, 0.15) is 69.9 Å². The van der Waals surface area contributed by atoms with Gasteiger partial charge in [-0.1, -0.05) is 75.2 Å². The maximum absolute atomic E-state index is 13.1. The number of hydrogen-bond donors (Lipinski definition) is 5. The fourth-order valence-electron chi connectivity index (χ4n) is 4.27. The van der Waals surface area contributed by atoms with Crippen LogP contribution < -0.4 is 21.7 Å². The zero-order chi connectivity index (χ0) is 32.2. The number of hydrogen-bond acceptors (Lipinski definition) is 6. The highest BCUT2D eigenvalue weighted by atomic mass is 16.5. The molecule has 2 atom stereocenters. The molecule has 0 fully saturated rings. The first-order valence-electron chi connectivity index (χ1n) is 15.1. The maximum Gasteiger partial charge on any atom is 0.239 e. The summed E-state index contributed by atoms with van der Waals surface area (Å²) in [6.07, 6.45) is 8.52. The summed E-state index contributed by atoms with van der Waals surface area (Å²) in [6, 6.07) is 7.22. The quantitative estimate of drug-likeness (QED) is 0.184. The van der Waals surface area contributed by atoms with Gasteiger partial charge in [-0.2, -0.15) is 0 Å². The Morgan fingerprint density at radius 3 is 2.40 bits per heavy atom. The fourth-order valence-corrected chi connectivity index (χ4v) is 4.27. The second kappa shape index (κ2) is 20.9. The number of benzene rings is 1. The van der Waals surface area contributed by atoms with E-state index in [0.717, 1.165) is 36.8 Å². The lowest BCUT2D eigenvalue weighted by Crippen LogP contribution is -2.48. The Morgan fingerprint density at radius 2 is 1.79 bits per heavy atom. The van der Waals surface area contributed by atoms with E-state index in [-0.39, 0.29) is 55.2 Å². The standard InChI is InChI=1S/C25H42N4O4.C8H10N2/c1-6-9-10-13-21-25(32)29(5)16-14-23(30)28-18-24(31)26-15-11-12-20(7-2)22(8-3)33-19(4)17-27-21;1-6-2-4-7(5-3-6)8(9)10/h7-8,19,21,27H,2-3,6,9-18H2,1,4-5H3,(H,26,31)(H,28,30);2-5H,1H3,(H3,9,10)/b22-20-;/t19-,21?;/m1./s1. The van der Waals surface area contributed by atoms with Crippen LogP contribution in [0.15, 0.2) is 60.9 Å². The summed E-state index contributed by atoms with van der Waals surface area (Å²) in [6.45, 7) is 15.0. The zero-order valence-electron chi connectivity index (χ0n) is 26.5. The molecule has 1 aliphatic heterocycles. The van der Waals surface area contributed by atoms with Gasteiger partial charge >= 0.3 is 0 Å². The van der Waals surface area contributed by atoms with Crippen molar-refractivity contribution in [1.29, 1.82) is 5.41 Å². The summed E-state index contributed by atoms with van der Waals surface area (Å²) in [4.78, 5) is 38.7. The fraction of sp³-hybridized carbons (Fsp3) is 0.515. The molecule has 1 aromatic carbocycles. The number of amides is 3. The van der Waals surface area contributed by atoms with Gasteiger partial charge in [-0.05, 0) is 44.8 Å². The molecule has 0 aliphatic carbocycles. The van der Waals surface area contributed by atoms with Crippen molar-refractivity contribution in [3.05, 3.63) is 72.0 Å². The van der Waals surface area contributed by atoms with Gasteiger partial charge in [0.2, 0.25) is 17.7 Å². The van der Waals surface area contributed by atoms with Crippen LogP contribution in [0.5, 0.6) is 0 Å². The van der Waals surface area contributed by atoms with Gasteiger partial charge in [0.25, 0.3) is 0 Å². The van der Waals surface area contributed by atoms with Crippen molar-refractivity contribution < 1.29 is 19.1 Å². The monoisotopic (exact) mass is 596 g/mol. The van der Waals surface area contributed by atoms with E-state index in [2.05, 4.69) is 36.0 Å². The van der Waals surface area contributed by atoms with E-state index in [4.69, 9.17) is 15.9 Å². The first kappa shape index (κ1) is 37.1. The Hall–Kier alpha value is -3.92. The van der Waals surface area contributed by atoms with E-state index in [1.165, 1.54) is 5.56 Å². The third kappa shape index (κ3) is 15.2. The van der Waals surface area contributed by atoms with Crippen molar-refractivity contribution in [1.82, 2.24) is 20.9 Å². The first-order chi connectivity index (χ1) is 20.5. The third-order valence-electron chi connectivity index (χ3n) is 6.93. The lowest BCUT2D eigenvalue weighted by atomic mass is 10.1. The zero-order valence-corrected chi connectivity index (χ0v) is 26.5. The summed E-state index contributed by atoms with van der Waals surface area (Å²) in [7, 11) is 1.70. The van der Waals surface area contributed by atoms with Gasteiger partial charge in [0.1, 0.15) is 17.7 Å². The summed E-state index contributed by atoms with van der Waals surface area (Å²) in [5.41, 5.74) is 8.13. The predicted molar refractivity (Wildman–Crippen MR) is 174 cm³/mol. The minimum atomic E-state index is -0.349. The minimum Gasteiger partial charge on any atom is -0.489 e. The molecule has 1 aliphatic rings. The SMILES string of the molecule is C=C/C1=C(\C=C)O[C@H](C)CNC(CCCCC)C(=O)N(C)CCC(=O)NCC(=O)NCCC1.Cc1ccc(C(=N)N)cc1. The van der Waals surface area contributed by atoms with E-state index in [1.807, 2.05) is 38.1 Å². The molecule has 1 unspecified atom stereocenters. The van der Waals surface area contributed by atoms with Gasteiger partial charge < -0.3 is 31.3 Å². The number of carbonyl (C=O) groups excluding carboxylic acids is 3. The maximum atomic E-state index is 13.1. The largest absolute Gasteiger partial charge is 0.489 e. The molecule has 10 heteroatoms. The Labute approximate surface area is 257 Å². The highest BCUT2D eigenvalue weighted by Crippen LogP contribution is 2.17. The number of likely N-dealkylation sites (N-methyl/N-ethyl adjacent to an activating group) is 1. The van der Waals surface area contributed by atoms with Crippen LogP contribution in [0.2, 0.25) is 0 Å². The molecule has 6 N–H and O–H groups in total. The van der Waals surface area contributed by atoms with Gasteiger partial charge in [0.05, 0.1) is 12.6 Å². The van der Waals surface area contributed by atoms with E-state index in [9.17, 15) is 14.4 Å². The number of nitrogen functional groups attached to an aromatic ring is 1. The van der Waals surface area contributed by atoms with Crippen LogP contribution in [0.3, 0.4) is 0 Å². The number of nitrogens with one attached hydrogen (secondary N) is 4. The summed E-state index contributed by atoms with van der Waals surface area (Å²) >= 11 is 0. The molecular weight excluding hydrogens is 544 g/mol. The van der Waals surface area contributed by atoms with Crippen molar-refractivity contribution in [3.8, 4) is 0 Å². The molecular formula is C33H52N6O4.